The van der Waals surface area contributed by atoms with Gasteiger partial charge in [0.05, 0.1) is 16.5 Å². The third-order valence-corrected chi connectivity index (χ3v) is 6.61. The van der Waals surface area contributed by atoms with E-state index in [1.807, 2.05) is 6.07 Å². The molecular weight excluding hydrogens is 298 g/mol. The van der Waals surface area contributed by atoms with E-state index in [4.69, 9.17) is 5.26 Å². The Hall–Kier alpha value is -1.42. The fraction of sp³-hybridized carbons (Fsp3) is 0.562. The minimum absolute atomic E-state index is 0.281. The Balaban J connectivity index is 1.72. The predicted molar refractivity (Wildman–Crippen MR) is 83.7 cm³/mol. The van der Waals surface area contributed by atoms with Gasteiger partial charge in [-0.3, -0.25) is 4.90 Å². The van der Waals surface area contributed by atoms with E-state index < -0.39 is 10.0 Å². The Morgan fingerprint density at radius 1 is 1.00 bits per heavy atom. The number of nitriles is 1. The van der Waals surface area contributed by atoms with Crippen LogP contribution in [-0.2, 0) is 10.0 Å². The molecule has 22 heavy (non-hydrogen) atoms. The largest absolute Gasteiger partial charge is 0.299 e. The van der Waals surface area contributed by atoms with E-state index in [0.29, 0.717) is 24.7 Å². The number of nitrogens with zero attached hydrogens (tertiary/aromatic N) is 3. The molecule has 1 aliphatic heterocycles. The molecule has 1 saturated heterocycles. The number of hydrogen-bond acceptors (Lipinski definition) is 4. The molecule has 3 rings (SSSR count). The second-order valence-electron chi connectivity index (χ2n) is 6.01. The molecule has 0 N–H and O–H groups in total. The van der Waals surface area contributed by atoms with Crippen molar-refractivity contribution in [2.45, 2.75) is 36.6 Å². The third-order valence-electron chi connectivity index (χ3n) is 4.70. The summed E-state index contributed by atoms with van der Waals surface area (Å²) in [4.78, 5) is 2.72. The molecule has 0 unspecified atom stereocenters. The van der Waals surface area contributed by atoms with Crippen molar-refractivity contribution in [1.29, 1.82) is 5.26 Å². The molecule has 0 radical (unpaired) electrons. The summed E-state index contributed by atoms with van der Waals surface area (Å²) in [6, 6.07) is 8.86. The smallest absolute Gasteiger partial charge is 0.243 e. The summed E-state index contributed by atoms with van der Waals surface area (Å²) < 4.78 is 27.0. The summed E-state index contributed by atoms with van der Waals surface area (Å²) in [5.74, 6) is 0. The van der Waals surface area contributed by atoms with Gasteiger partial charge in [-0.15, -0.1) is 0 Å². The average Bonchev–Trinajstić information content (AvgIpc) is 2.72. The Morgan fingerprint density at radius 3 is 2.32 bits per heavy atom. The van der Waals surface area contributed by atoms with Gasteiger partial charge in [-0.1, -0.05) is 6.42 Å². The molecule has 0 amide bonds. The van der Waals surface area contributed by atoms with Gasteiger partial charge in [0.15, 0.2) is 0 Å². The summed E-state index contributed by atoms with van der Waals surface area (Å²) in [6.45, 7) is 2.94. The topological polar surface area (TPSA) is 64.4 Å². The molecule has 1 heterocycles. The first-order chi connectivity index (χ1) is 10.6. The van der Waals surface area contributed by atoms with Crippen molar-refractivity contribution in [3.8, 4) is 6.07 Å². The molecule has 0 bridgehead atoms. The second kappa shape index (κ2) is 6.37. The van der Waals surface area contributed by atoms with Crippen LogP contribution in [0, 0.1) is 11.3 Å². The third kappa shape index (κ3) is 3.02. The van der Waals surface area contributed by atoms with Crippen LogP contribution in [0.4, 0.5) is 0 Å². The summed E-state index contributed by atoms with van der Waals surface area (Å²) in [5, 5.41) is 8.81. The quantitative estimate of drug-likeness (QED) is 0.852. The van der Waals surface area contributed by atoms with Crippen LogP contribution in [0.25, 0.3) is 0 Å². The minimum Gasteiger partial charge on any atom is -0.299 e. The lowest BCUT2D eigenvalue weighted by Gasteiger charge is -2.36. The summed E-state index contributed by atoms with van der Waals surface area (Å²) in [5.41, 5.74) is 0.478. The molecule has 5 nitrogen and oxygen atoms in total. The van der Waals surface area contributed by atoms with E-state index in [2.05, 4.69) is 4.90 Å². The normalized spacial score (nSPS) is 21.8. The van der Waals surface area contributed by atoms with Crippen LogP contribution in [0.1, 0.15) is 31.2 Å². The van der Waals surface area contributed by atoms with E-state index in [-0.39, 0.29) is 4.90 Å². The molecule has 0 spiro atoms. The zero-order valence-electron chi connectivity index (χ0n) is 12.6. The Bertz CT molecular complexity index is 660. The molecule has 0 atom stereocenters. The fourth-order valence-corrected chi connectivity index (χ4v) is 4.59. The van der Waals surface area contributed by atoms with Crippen LogP contribution in [0.3, 0.4) is 0 Å². The summed E-state index contributed by atoms with van der Waals surface area (Å²) in [6.07, 6.45) is 4.69. The molecule has 1 aromatic rings. The number of sulfonamides is 1. The maximum absolute atomic E-state index is 12.7. The van der Waals surface area contributed by atoms with Crippen LogP contribution in [0.2, 0.25) is 0 Å². The summed E-state index contributed by atoms with van der Waals surface area (Å²) in [7, 11) is -3.45. The summed E-state index contributed by atoms with van der Waals surface area (Å²) >= 11 is 0. The van der Waals surface area contributed by atoms with Gasteiger partial charge in [-0.05, 0) is 50.1 Å². The second-order valence-corrected chi connectivity index (χ2v) is 7.95. The highest BCUT2D eigenvalue weighted by atomic mass is 32.2. The highest BCUT2D eigenvalue weighted by Gasteiger charge is 2.30. The molecule has 118 valence electrons. The van der Waals surface area contributed by atoms with Gasteiger partial charge >= 0.3 is 0 Å². The Kier molecular flexibility index (Phi) is 4.48. The van der Waals surface area contributed by atoms with E-state index in [1.165, 1.54) is 31.4 Å². The Morgan fingerprint density at radius 2 is 1.73 bits per heavy atom. The molecule has 1 aliphatic carbocycles. The van der Waals surface area contributed by atoms with Crippen molar-refractivity contribution in [3.63, 3.8) is 0 Å². The van der Waals surface area contributed by atoms with Crippen molar-refractivity contribution >= 4 is 10.0 Å². The van der Waals surface area contributed by atoms with E-state index in [1.54, 1.807) is 16.4 Å². The van der Waals surface area contributed by atoms with Gasteiger partial charge in [-0.25, -0.2) is 8.42 Å². The van der Waals surface area contributed by atoms with Crippen molar-refractivity contribution < 1.29 is 8.42 Å². The number of rotatable bonds is 3. The van der Waals surface area contributed by atoms with Crippen molar-refractivity contribution in [2.75, 3.05) is 26.2 Å². The van der Waals surface area contributed by atoms with Crippen LogP contribution >= 0.6 is 0 Å². The van der Waals surface area contributed by atoms with Crippen LogP contribution < -0.4 is 0 Å². The first-order valence-electron chi connectivity index (χ1n) is 7.85. The first-order valence-corrected chi connectivity index (χ1v) is 9.29. The molecule has 1 aromatic carbocycles. The highest BCUT2D eigenvalue weighted by Crippen LogP contribution is 2.26. The van der Waals surface area contributed by atoms with Crippen molar-refractivity contribution in [2.24, 2.45) is 0 Å². The predicted octanol–water partition coefficient (Wildman–Crippen LogP) is 1.81. The fourth-order valence-electron chi connectivity index (χ4n) is 3.12. The average molecular weight is 319 g/mol. The highest BCUT2D eigenvalue weighted by molar-refractivity contribution is 7.89. The Labute approximate surface area is 132 Å². The SMILES string of the molecule is N#Cc1ccc(S(=O)(=O)N2CCCN(C3CCC3)CC2)cc1. The molecular formula is C16H21N3O2S. The standard InChI is InChI=1S/C16H21N3O2S/c17-13-14-5-7-16(8-6-14)22(20,21)19-10-2-9-18(11-12-19)15-3-1-4-15/h5-8,15H,1-4,9-12H2. The van der Waals surface area contributed by atoms with Gasteiger partial charge in [0, 0.05) is 25.7 Å². The molecule has 1 saturated carbocycles. The monoisotopic (exact) mass is 319 g/mol. The van der Waals surface area contributed by atoms with Gasteiger partial charge < -0.3 is 0 Å². The molecule has 6 heteroatoms. The van der Waals surface area contributed by atoms with E-state index in [0.717, 1.165) is 19.5 Å². The molecule has 0 aromatic heterocycles. The molecule has 2 fully saturated rings. The number of benzene rings is 1. The lowest BCUT2D eigenvalue weighted by molar-refractivity contribution is 0.134. The van der Waals surface area contributed by atoms with E-state index >= 15 is 0 Å². The maximum atomic E-state index is 12.7. The first kappa shape index (κ1) is 15.5. The maximum Gasteiger partial charge on any atom is 0.243 e. The lowest BCUT2D eigenvalue weighted by atomic mass is 9.91. The van der Waals surface area contributed by atoms with Crippen molar-refractivity contribution in [3.05, 3.63) is 29.8 Å². The lowest BCUT2D eigenvalue weighted by Crippen LogP contribution is -2.42. The zero-order chi connectivity index (χ0) is 15.6. The van der Waals surface area contributed by atoms with Gasteiger partial charge in [0.2, 0.25) is 10.0 Å². The number of hydrogen-bond donors (Lipinski definition) is 0. The molecule has 2 aliphatic rings. The minimum atomic E-state index is -3.45. The van der Waals surface area contributed by atoms with Gasteiger partial charge in [-0.2, -0.15) is 9.57 Å². The van der Waals surface area contributed by atoms with E-state index in [9.17, 15) is 8.42 Å². The van der Waals surface area contributed by atoms with Crippen LogP contribution in [0.5, 0.6) is 0 Å². The van der Waals surface area contributed by atoms with Gasteiger partial charge in [0.25, 0.3) is 0 Å². The van der Waals surface area contributed by atoms with Crippen LogP contribution in [-0.4, -0.2) is 49.8 Å². The van der Waals surface area contributed by atoms with Gasteiger partial charge in [0.1, 0.15) is 0 Å². The van der Waals surface area contributed by atoms with Crippen LogP contribution in [0.15, 0.2) is 29.2 Å². The zero-order valence-corrected chi connectivity index (χ0v) is 13.4. The van der Waals surface area contributed by atoms with Crippen molar-refractivity contribution in [1.82, 2.24) is 9.21 Å².